The second-order valence-corrected chi connectivity index (χ2v) is 9.35. The summed E-state index contributed by atoms with van der Waals surface area (Å²) < 4.78 is 7.68. The van der Waals surface area contributed by atoms with E-state index in [0.717, 1.165) is 11.3 Å². The molecule has 1 atom stereocenters. The van der Waals surface area contributed by atoms with Crippen molar-refractivity contribution in [3.05, 3.63) is 120 Å². The van der Waals surface area contributed by atoms with E-state index in [9.17, 15) is 9.59 Å². The number of fused-ring (bicyclic) bond motifs is 1. The summed E-state index contributed by atoms with van der Waals surface area (Å²) in [7, 11) is 0. The van der Waals surface area contributed by atoms with Crippen molar-refractivity contribution >= 4 is 40.6 Å². The number of aromatic nitrogens is 1. The van der Waals surface area contributed by atoms with Gasteiger partial charge < -0.3 is 9.73 Å². The van der Waals surface area contributed by atoms with Gasteiger partial charge in [0.2, 0.25) is 0 Å². The zero-order valence-corrected chi connectivity index (χ0v) is 20.0. The molecule has 0 unspecified atom stereocenters. The number of allylic oxidation sites excluding steroid dienone is 1. The van der Waals surface area contributed by atoms with E-state index < -0.39 is 6.04 Å². The monoisotopic (exact) mass is 489 g/mol. The van der Waals surface area contributed by atoms with E-state index >= 15 is 0 Å². The number of aryl methyl sites for hydroxylation is 1. The minimum atomic E-state index is -0.655. The number of amides is 1. The van der Waals surface area contributed by atoms with Gasteiger partial charge in [0.15, 0.2) is 4.80 Å². The van der Waals surface area contributed by atoms with Crippen LogP contribution in [0.2, 0.25) is 5.02 Å². The van der Waals surface area contributed by atoms with Crippen LogP contribution < -0.4 is 20.2 Å². The minimum Gasteiger partial charge on any atom is -0.462 e. The first-order chi connectivity index (χ1) is 16.4. The molecule has 0 bridgehead atoms. The molecule has 5 rings (SSSR count). The summed E-state index contributed by atoms with van der Waals surface area (Å²) in [6, 6.07) is 19.3. The lowest BCUT2D eigenvalue weighted by Gasteiger charge is -2.25. The zero-order chi connectivity index (χ0) is 23.8. The fraction of sp³-hybridized carbons (Fsp3) is 0.115. The number of carbonyl (C=O) groups excluding carboxylic acids is 1. The predicted octanol–water partition coefficient (Wildman–Crippen LogP) is 4.43. The topological polar surface area (TPSA) is 76.6 Å². The Morgan fingerprint density at radius 3 is 2.50 bits per heavy atom. The number of furan rings is 1. The highest BCUT2D eigenvalue weighted by Gasteiger charge is 2.32. The maximum Gasteiger partial charge on any atom is 0.271 e. The first-order valence-corrected chi connectivity index (χ1v) is 11.8. The summed E-state index contributed by atoms with van der Waals surface area (Å²) in [6.07, 6.45) is 1.71. The molecule has 0 aliphatic carbocycles. The third kappa shape index (κ3) is 4.16. The van der Waals surface area contributed by atoms with Crippen LogP contribution in [0.4, 0.5) is 5.69 Å². The van der Waals surface area contributed by atoms with Crippen LogP contribution >= 0.6 is 22.9 Å². The fourth-order valence-electron chi connectivity index (χ4n) is 3.95. The highest BCUT2D eigenvalue weighted by molar-refractivity contribution is 7.07. The van der Waals surface area contributed by atoms with Crippen molar-refractivity contribution in [2.45, 2.75) is 19.9 Å². The third-order valence-electron chi connectivity index (χ3n) is 5.52. The first-order valence-electron chi connectivity index (χ1n) is 10.6. The van der Waals surface area contributed by atoms with Crippen LogP contribution in [0.25, 0.3) is 6.08 Å². The molecule has 0 saturated heterocycles. The molecule has 0 radical (unpaired) electrons. The largest absolute Gasteiger partial charge is 0.462 e. The molecule has 0 fully saturated rings. The van der Waals surface area contributed by atoms with E-state index in [1.807, 2.05) is 61.5 Å². The summed E-state index contributed by atoms with van der Waals surface area (Å²) in [6.45, 7) is 3.64. The Morgan fingerprint density at radius 2 is 1.82 bits per heavy atom. The highest BCUT2D eigenvalue weighted by atomic mass is 35.5. The summed E-state index contributed by atoms with van der Waals surface area (Å²) >= 11 is 7.39. The van der Waals surface area contributed by atoms with Crippen LogP contribution in [0.5, 0.6) is 0 Å². The van der Waals surface area contributed by atoms with Gasteiger partial charge in [-0.1, -0.05) is 53.3 Å². The van der Waals surface area contributed by atoms with Gasteiger partial charge in [0.05, 0.1) is 21.8 Å². The van der Waals surface area contributed by atoms with Gasteiger partial charge in [-0.05, 0) is 55.8 Å². The lowest BCUT2D eigenvalue weighted by Crippen LogP contribution is -2.40. The number of thiazole rings is 1. The van der Waals surface area contributed by atoms with Crippen molar-refractivity contribution in [3.8, 4) is 0 Å². The lowest BCUT2D eigenvalue weighted by molar-refractivity contribution is -0.113. The Morgan fingerprint density at radius 1 is 1.09 bits per heavy atom. The predicted molar refractivity (Wildman–Crippen MR) is 134 cm³/mol. The van der Waals surface area contributed by atoms with E-state index in [1.54, 1.807) is 29.7 Å². The number of hydrogen-bond acceptors (Lipinski definition) is 5. The Hall–Kier alpha value is -3.68. The van der Waals surface area contributed by atoms with Gasteiger partial charge in [-0.2, -0.15) is 0 Å². The van der Waals surface area contributed by atoms with Crippen LogP contribution in [0.3, 0.4) is 0 Å². The van der Waals surface area contributed by atoms with Crippen LogP contribution in [0.1, 0.15) is 30.0 Å². The molecule has 3 heterocycles. The summed E-state index contributed by atoms with van der Waals surface area (Å²) in [5, 5.41) is 3.50. The molecule has 0 saturated carbocycles. The van der Waals surface area contributed by atoms with Crippen LogP contribution in [-0.4, -0.2) is 10.5 Å². The summed E-state index contributed by atoms with van der Waals surface area (Å²) in [4.78, 5) is 32.2. The van der Waals surface area contributed by atoms with E-state index in [4.69, 9.17) is 16.0 Å². The Labute approximate surface area is 204 Å². The molecule has 8 heteroatoms. The Kier molecular flexibility index (Phi) is 5.81. The Balaban J connectivity index is 1.68. The standard InChI is InChI=1S/C26H20ClN3O3S/c1-15-8-13-20(33-15)14-21-25(32)30-23(17-9-11-18(27)12-10-17)22(16(2)28-26(30)34-21)24(31)29-19-6-4-3-5-7-19/h3-14,23H,1-2H3,(H,29,31)/b21-14+/t23-/m1/s1. The maximum atomic E-state index is 13.6. The molecule has 170 valence electrons. The van der Waals surface area contributed by atoms with E-state index in [1.165, 1.54) is 11.3 Å². The number of carbonyl (C=O) groups is 1. The number of benzene rings is 2. The molecular weight excluding hydrogens is 470 g/mol. The molecule has 4 aromatic rings. The van der Waals surface area contributed by atoms with Crippen molar-refractivity contribution in [3.63, 3.8) is 0 Å². The normalized spacial score (nSPS) is 15.7. The highest BCUT2D eigenvalue weighted by Crippen LogP contribution is 2.31. The quantitative estimate of drug-likeness (QED) is 0.460. The minimum absolute atomic E-state index is 0.240. The van der Waals surface area contributed by atoms with Crippen LogP contribution in [0.15, 0.2) is 92.2 Å². The third-order valence-corrected chi connectivity index (χ3v) is 6.75. The number of nitrogens with zero attached hydrogens (tertiary/aromatic N) is 2. The van der Waals surface area contributed by atoms with Crippen LogP contribution in [-0.2, 0) is 4.79 Å². The number of anilines is 1. The van der Waals surface area contributed by atoms with Crippen LogP contribution in [0, 0.1) is 6.92 Å². The average Bonchev–Trinajstić information content (AvgIpc) is 3.36. The summed E-state index contributed by atoms with van der Waals surface area (Å²) in [5.41, 5.74) is 2.14. The van der Waals surface area contributed by atoms with Gasteiger partial charge in [-0.25, -0.2) is 4.99 Å². The van der Waals surface area contributed by atoms with Crippen molar-refractivity contribution < 1.29 is 9.21 Å². The number of halogens is 1. The van der Waals surface area contributed by atoms with Crippen molar-refractivity contribution in [1.82, 2.24) is 4.57 Å². The number of rotatable bonds is 4. The zero-order valence-electron chi connectivity index (χ0n) is 18.4. The number of hydrogen-bond donors (Lipinski definition) is 1. The Bertz CT molecular complexity index is 1600. The van der Waals surface area contributed by atoms with E-state index in [0.29, 0.717) is 37.1 Å². The summed E-state index contributed by atoms with van der Waals surface area (Å²) in [5.74, 6) is 1.03. The molecule has 2 aromatic carbocycles. The van der Waals surface area contributed by atoms with Gasteiger partial charge in [0.1, 0.15) is 11.5 Å². The molecule has 1 aliphatic rings. The molecule has 6 nitrogen and oxygen atoms in total. The van der Waals surface area contributed by atoms with Gasteiger partial charge in [0, 0.05) is 16.8 Å². The van der Waals surface area contributed by atoms with E-state index in [2.05, 4.69) is 10.3 Å². The van der Waals surface area contributed by atoms with Crippen molar-refractivity contribution in [2.24, 2.45) is 4.99 Å². The average molecular weight is 490 g/mol. The van der Waals surface area contributed by atoms with Gasteiger partial charge >= 0.3 is 0 Å². The van der Waals surface area contributed by atoms with Crippen molar-refractivity contribution in [1.29, 1.82) is 0 Å². The smallest absolute Gasteiger partial charge is 0.271 e. The molecule has 1 amide bonds. The van der Waals surface area contributed by atoms with Gasteiger partial charge in [-0.3, -0.25) is 14.2 Å². The molecular formula is C26H20ClN3O3S. The lowest BCUT2D eigenvalue weighted by atomic mass is 9.95. The second kappa shape index (κ2) is 8.93. The van der Waals surface area contributed by atoms with Gasteiger partial charge in [0.25, 0.3) is 11.5 Å². The van der Waals surface area contributed by atoms with Crippen molar-refractivity contribution in [2.75, 3.05) is 5.32 Å². The molecule has 1 N–H and O–H groups in total. The van der Waals surface area contributed by atoms with E-state index in [-0.39, 0.29) is 11.5 Å². The SMILES string of the molecule is CC1=C(C(=O)Nc2ccccc2)[C@@H](c2ccc(Cl)cc2)n2c(s/c(=C/c3ccc(C)o3)c2=O)=N1. The number of para-hydroxylation sites is 1. The first kappa shape index (κ1) is 22.1. The molecule has 34 heavy (non-hydrogen) atoms. The van der Waals surface area contributed by atoms with Gasteiger partial charge in [-0.15, -0.1) is 0 Å². The fourth-order valence-corrected chi connectivity index (χ4v) is 5.11. The molecule has 2 aromatic heterocycles. The molecule has 0 spiro atoms. The maximum absolute atomic E-state index is 13.6. The number of nitrogens with one attached hydrogen (secondary N) is 1. The molecule has 1 aliphatic heterocycles. The second-order valence-electron chi connectivity index (χ2n) is 7.90.